The molecule has 1 rings (SSSR count). The van der Waals surface area contributed by atoms with Gasteiger partial charge in [-0.15, -0.1) is 0 Å². The van der Waals surface area contributed by atoms with Crippen LogP contribution < -0.4 is 15.8 Å². The summed E-state index contributed by atoms with van der Waals surface area (Å²) >= 11 is 0. The largest absolute Gasteiger partial charge is 0.496 e. The summed E-state index contributed by atoms with van der Waals surface area (Å²) in [5, 5.41) is 2.69. The van der Waals surface area contributed by atoms with E-state index in [1.54, 1.807) is 18.2 Å². The van der Waals surface area contributed by atoms with Crippen LogP contribution in [-0.2, 0) is 9.53 Å². The highest BCUT2D eigenvalue weighted by atomic mass is 16.5. The topological polar surface area (TPSA) is 90.7 Å². The molecule has 0 radical (unpaired) electrons. The summed E-state index contributed by atoms with van der Waals surface area (Å²) in [7, 11) is 2.76. The molecule has 0 fully saturated rings. The standard InChI is InChI=1S/C15H22N2O4/c1-5-9(2)13(15(19)21-4)17-14(18)11-7-6-10(16)8-12(11)20-3/h6-9,13H,5,16H2,1-4H3,(H,17,18). The maximum absolute atomic E-state index is 12.3. The number of rotatable bonds is 6. The zero-order valence-electron chi connectivity index (χ0n) is 12.8. The van der Waals surface area contributed by atoms with E-state index >= 15 is 0 Å². The van der Waals surface area contributed by atoms with Crippen molar-refractivity contribution in [3.63, 3.8) is 0 Å². The van der Waals surface area contributed by atoms with E-state index in [-0.39, 0.29) is 5.92 Å². The van der Waals surface area contributed by atoms with E-state index in [0.717, 1.165) is 6.42 Å². The minimum absolute atomic E-state index is 0.0406. The molecule has 21 heavy (non-hydrogen) atoms. The lowest BCUT2D eigenvalue weighted by atomic mass is 9.98. The number of carbonyl (C=O) groups excluding carboxylic acids is 2. The number of hydrogen-bond acceptors (Lipinski definition) is 5. The highest BCUT2D eigenvalue weighted by Gasteiger charge is 2.27. The fourth-order valence-electron chi connectivity index (χ4n) is 1.91. The molecule has 2 atom stereocenters. The third-order valence-corrected chi connectivity index (χ3v) is 3.42. The van der Waals surface area contributed by atoms with Gasteiger partial charge in [-0.3, -0.25) is 4.79 Å². The predicted molar refractivity (Wildman–Crippen MR) is 80.1 cm³/mol. The van der Waals surface area contributed by atoms with Gasteiger partial charge in [0.2, 0.25) is 0 Å². The fraction of sp³-hybridized carbons (Fsp3) is 0.467. The lowest BCUT2D eigenvalue weighted by Gasteiger charge is -2.22. The molecule has 0 aliphatic carbocycles. The van der Waals surface area contributed by atoms with Crippen molar-refractivity contribution in [2.75, 3.05) is 20.0 Å². The van der Waals surface area contributed by atoms with Crippen LogP contribution >= 0.6 is 0 Å². The number of amides is 1. The lowest BCUT2D eigenvalue weighted by molar-refractivity contribution is -0.144. The summed E-state index contributed by atoms with van der Waals surface area (Å²) in [5.41, 5.74) is 6.48. The van der Waals surface area contributed by atoms with Crippen molar-refractivity contribution in [3.8, 4) is 5.75 Å². The normalized spacial score (nSPS) is 13.1. The van der Waals surface area contributed by atoms with E-state index in [1.165, 1.54) is 14.2 Å². The molecule has 0 aliphatic rings. The average Bonchev–Trinajstić information content (AvgIpc) is 2.50. The number of carbonyl (C=O) groups is 2. The Balaban J connectivity index is 2.99. The molecule has 0 spiro atoms. The molecule has 1 aromatic rings. The van der Waals surface area contributed by atoms with Crippen molar-refractivity contribution in [3.05, 3.63) is 23.8 Å². The number of benzene rings is 1. The number of esters is 1. The van der Waals surface area contributed by atoms with Crippen molar-refractivity contribution >= 4 is 17.6 Å². The monoisotopic (exact) mass is 294 g/mol. The minimum atomic E-state index is -0.699. The van der Waals surface area contributed by atoms with Gasteiger partial charge in [0.1, 0.15) is 11.8 Å². The second kappa shape index (κ2) is 7.52. The number of nitrogens with two attached hydrogens (primary N) is 1. The Morgan fingerprint density at radius 1 is 1.33 bits per heavy atom. The summed E-state index contributed by atoms with van der Waals surface area (Å²) in [4.78, 5) is 24.1. The van der Waals surface area contributed by atoms with E-state index in [0.29, 0.717) is 17.0 Å². The third-order valence-electron chi connectivity index (χ3n) is 3.42. The van der Waals surface area contributed by atoms with Gasteiger partial charge < -0.3 is 20.5 Å². The number of nitrogen functional groups attached to an aromatic ring is 1. The molecular formula is C15H22N2O4. The summed E-state index contributed by atoms with van der Waals surface area (Å²) < 4.78 is 9.89. The second-order valence-electron chi connectivity index (χ2n) is 4.82. The average molecular weight is 294 g/mol. The van der Waals surface area contributed by atoms with Crippen LogP contribution in [0, 0.1) is 5.92 Å². The molecule has 6 nitrogen and oxygen atoms in total. The maximum Gasteiger partial charge on any atom is 0.328 e. The van der Waals surface area contributed by atoms with E-state index in [2.05, 4.69) is 5.32 Å². The van der Waals surface area contributed by atoms with Crippen LogP contribution in [0.4, 0.5) is 5.69 Å². The van der Waals surface area contributed by atoms with Gasteiger partial charge in [-0.25, -0.2) is 4.79 Å². The van der Waals surface area contributed by atoms with E-state index in [1.807, 2.05) is 13.8 Å². The summed E-state index contributed by atoms with van der Waals surface area (Å²) in [6, 6.07) is 4.03. The van der Waals surface area contributed by atoms with Gasteiger partial charge in [0.15, 0.2) is 0 Å². The lowest BCUT2D eigenvalue weighted by Crippen LogP contribution is -2.45. The molecule has 0 saturated heterocycles. The zero-order chi connectivity index (χ0) is 16.0. The molecule has 0 aliphatic heterocycles. The molecule has 2 unspecified atom stereocenters. The molecule has 0 bridgehead atoms. The molecule has 1 aromatic carbocycles. The van der Waals surface area contributed by atoms with Gasteiger partial charge >= 0.3 is 5.97 Å². The van der Waals surface area contributed by atoms with Crippen LogP contribution in [0.5, 0.6) is 5.75 Å². The predicted octanol–water partition coefficient (Wildman–Crippen LogP) is 1.59. The smallest absolute Gasteiger partial charge is 0.328 e. The molecule has 3 N–H and O–H groups in total. The first-order chi connectivity index (χ1) is 9.94. The molecule has 1 amide bonds. The van der Waals surface area contributed by atoms with Crippen molar-refractivity contribution < 1.29 is 19.1 Å². The third kappa shape index (κ3) is 4.11. The fourth-order valence-corrected chi connectivity index (χ4v) is 1.91. The highest BCUT2D eigenvalue weighted by molar-refractivity contribution is 5.99. The number of ether oxygens (including phenoxy) is 2. The first kappa shape index (κ1) is 16.8. The molecule has 0 aromatic heterocycles. The quantitative estimate of drug-likeness (QED) is 0.614. The van der Waals surface area contributed by atoms with Crippen molar-refractivity contribution in [1.82, 2.24) is 5.32 Å². The van der Waals surface area contributed by atoms with E-state index < -0.39 is 17.9 Å². The maximum atomic E-state index is 12.3. The van der Waals surface area contributed by atoms with Crippen LogP contribution in [0.2, 0.25) is 0 Å². The molecule has 0 heterocycles. The van der Waals surface area contributed by atoms with Gasteiger partial charge in [0, 0.05) is 11.8 Å². The van der Waals surface area contributed by atoms with Gasteiger partial charge in [-0.2, -0.15) is 0 Å². The van der Waals surface area contributed by atoms with Crippen molar-refractivity contribution in [1.29, 1.82) is 0 Å². The van der Waals surface area contributed by atoms with E-state index in [4.69, 9.17) is 15.2 Å². The van der Waals surface area contributed by atoms with Crippen LogP contribution in [0.15, 0.2) is 18.2 Å². The first-order valence-corrected chi connectivity index (χ1v) is 6.76. The van der Waals surface area contributed by atoms with Gasteiger partial charge in [0.05, 0.1) is 19.8 Å². The Morgan fingerprint density at radius 3 is 2.52 bits per heavy atom. The van der Waals surface area contributed by atoms with Crippen molar-refractivity contribution in [2.45, 2.75) is 26.3 Å². The van der Waals surface area contributed by atoms with Gasteiger partial charge in [0.25, 0.3) is 5.91 Å². The van der Waals surface area contributed by atoms with Crippen molar-refractivity contribution in [2.24, 2.45) is 5.92 Å². The SMILES string of the molecule is CCC(C)C(NC(=O)c1ccc(N)cc1OC)C(=O)OC. The molecule has 6 heteroatoms. The Bertz CT molecular complexity index is 516. The zero-order valence-corrected chi connectivity index (χ0v) is 12.8. The van der Waals surface area contributed by atoms with Crippen LogP contribution in [0.25, 0.3) is 0 Å². The van der Waals surface area contributed by atoms with Crippen LogP contribution in [-0.4, -0.2) is 32.1 Å². The minimum Gasteiger partial charge on any atom is -0.496 e. The Kier molecular flexibility index (Phi) is 6.02. The van der Waals surface area contributed by atoms with Gasteiger partial charge in [-0.05, 0) is 18.1 Å². The number of methoxy groups -OCH3 is 2. The molecule has 0 saturated carbocycles. The first-order valence-electron chi connectivity index (χ1n) is 6.76. The Morgan fingerprint density at radius 2 is 2.00 bits per heavy atom. The molecule has 116 valence electrons. The van der Waals surface area contributed by atoms with E-state index in [9.17, 15) is 9.59 Å². The summed E-state index contributed by atoms with van der Waals surface area (Å²) in [6.07, 6.45) is 0.735. The molecular weight excluding hydrogens is 272 g/mol. The number of nitrogens with one attached hydrogen (secondary N) is 1. The summed E-state index contributed by atoms with van der Waals surface area (Å²) in [5.74, 6) is -0.545. The second-order valence-corrected chi connectivity index (χ2v) is 4.82. The van der Waals surface area contributed by atoms with Crippen LogP contribution in [0.1, 0.15) is 30.6 Å². The highest BCUT2D eigenvalue weighted by Crippen LogP contribution is 2.22. The van der Waals surface area contributed by atoms with Gasteiger partial charge in [-0.1, -0.05) is 20.3 Å². The summed E-state index contributed by atoms with van der Waals surface area (Å²) in [6.45, 7) is 3.82. The number of anilines is 1. The van der Waals surface area contributed by atoms with Crippen LogP contribution in [0.3, 0.4) is 0 Å². The number of hydrogen-bond donors (Lipinski definition) is 2. The Hall–Kier alpha value is -2.24. The Labute approximate surface area is 124 Å².